The Kier molecular flexibility index (Phi) is 5.30. The minimum Gasteiger partial charge on any atom is -0.492 e. The van der Waals surface area contributed by atoms with Gasteiger partial charge in [0.05, 0.1) is 18.7 Å². The lowest BCUT2D eigenvalue weighted by Crippen LogP contribution is -2.35. The maximum absolute atomic E-state index is 12.6. The molecule has 1 aliphatic heterocycles. The molecule has 3 rings (SSSR count). The summed E-state index contributed by atoms with van der Waals surface area (Å²) in [5.41, 5.74) is 0.998. The number of amides is 1. The standard InChI is InChI=1S/C19H19NO5/c21-13-17(22)14-5-7-15(8-6-14)24-11-9-20-10-12-25-18-4-2-1-3-16(18)19(20)23/h1-8,21H,9-13H2. The maximum atomic E-state index is 12.6. The van der Waals surface area contributed by atoms with Crippen molar-refractivity contribution in [2.75, 3.05) is 32.9 Å². The molecule has 0 radical (unpaired) electrons. The lowest BCUT2D eigenvalue weighted by atomic mass is 10.1. The first-order valence-electron chi connectivity index (χ1n) is 8.07. The number of aliphatic hydroxyl groups is 1. The molecule has 0 saturated heterocycles. The van der Waals surface area contributed by atoms with Gasteiger partial charge in [-0.15, -0.1) is 0 Å². The molecule has 0 unspecified atom stereocenters. The second kappa shape index (κ2) is 7.81. The van der Waals surface area contributed by atoms with Gasteiger partial charge in [-0.1, -0.05) is 12.1 Å². The number of rotatable bonds is 6. The van der Waals surface area contributed by atoms with Gasteiger partial charge in [0.25, 0.3) is 5.91 Å². The van der Waals surface area contributed by atoms with Gasteiger partial charge in [-0.25, -0.2) is 0 Å². The van der Waals surface area contributed by atoms with E-state index >= 15 is 0 Å². The molecule has 1 aliphatic rings. The predicted molar refractivity (Wildman–Crippen MR) is 91.2 cm³/mol. The van der Waals surface area contributed by atoms with E-state index in [2.05, 4.69) is 0 Å². The van der Waals surface area contributed by atoms with Crippen LogP contribution in [0.2, 0.25) is 0 Å². The van der Waals surface area contributed by atoms with Crippen LogP contribution in [0.15, 0.2) is 48.5 Å². The van der Waals surface area contributed by atoms with Crippen LogP contribution in [0.25, 0.3) is 0 Å². The highest BCUT2D eigenvalue weighted by molar-refractivity contribution is 5.97. The molecule has 25 heavy (non-hydrogen) atoms. The van der Waals surface area contributed by atoms with E-state index in [9.17, 15) is 9.59 Å². The van der Waals surface area contributed by atoms with Crippen LogP contribution in [0.3, 0.4) is 0 Å². The van der Waals surface area contributed by atoms with Gasteiger partial charge in [0, 0.05) is 5.56 Å². The van der Waals surface area contributed by atoms with E-state index in [1.165, 1.54) is 0 Å². The molecule has 6 nitrogen and oxygen atoms in total. The molecule has 0 bridgehead atoms. The topological polar surface area (TPSA) is 76.1 Å². The average molecular weight is 341 g/mol. The second-order valence-electron chi connectivity index (χ2n) is 5.59. The first-order chi connectivity index (χ1) is 12.2. The Morgan fingerprint density at radius 2 is 1.92 bits per heavy atom. The molecule has 2 aromatic rings. The van der Waals surface area contributed by atoms with Gasteiger partial charge in [0.1, 0.15) is 31.3 Å². The van der Waals surface area contributed by atoms with Crippen molar-refractivity contribution < 1.29 is 24.2 Å². The largest absolute Gasteiger partial charge is 0.492 e. The number of carbonyl (C=O) groups excluding carboxylic acids is 2. The first kappa shape index (κ1) is 17.0. The fourth-order valence-electron chi connectivity index (χ4n) is 2.62. The summed E-state index contributed by atoms with van der Waals surface area (Å²) in [5.74, 6) is 0.814. The molecule has 0 saturated carbocycles. The quantitative estimate of drug-likeness (QED) is 0.811. The number of Topliss-reactive ketones (excluding diaryl/α,β-unsaturated/α-hetero) is 1. The predicted octanol–water partition coefficient (Wildman–Crippen LogP) is 1.78. The minimum absolute atomic E-state index is 0.0689. The van der Waals surface area contributed by atoms with E-state index < -0.39 is 6.61 Å². The number of ether oxygens (including phenoxy) is 2. The summed E-state index contributed by atoms with van der Waals surface area (Å²) in [5, 5.41) is 8.83. The van der Waals surface area contributed by atoms with Crippen LogP contribution in [-0.4, -0.2) is 54.6 Å². The summed E-state index contributed by atoms with van der Waals surface area (Å²) >= 11 is 0. The monoisotopic (exact) mass is 341 g/mol. The number of fused-ring (bicyclic) bond motifs is 1. The van der Waals surface area contributed by atoms with Gasteiger partial charge < -0.3 is 19.5 Å². The van der Waals surface area contributed by atoms with Gasteiger partial charge >= 0.3 is 0 Å². The molecular weight excluding hydrogens is 322 g/mol. The lowest BCUT2D eigenvalue weighted by molar-refractivity contribution is 0.0729. The molecule has 1 N–H and O–H groups in total. The van der Waals surface area contributed by atoms with Crippen LogP contribution in [0.4, 0.5) is 0 Å². The average Bonchev–Trinajstić information content (AvgIpc) is 2.81. The van der Waals surface area contributed by atoms with Crippen LogP contribution in [0.1, 0.15) is 20.7 Å². The van der Waals surface area contributed by atoms with Crippen LogP contribution >= 0.6 is 0 Å². The number of hydrogen-bond acceptors (Lipinski definition) is 5. The van der Waals surface area contributed by atoms with Gasteiger partial charge in [0.2, 0.25) is 0 Å². The van der Waals surface area contributed by atoms with E-state index in [1.807, 2.05) is 12.1 Å². The summed E-state index contributed by atoms with van der Waals surface area (Å²) in [6.45, 7) is 1.21. The fourth-order valence-corrected chi connectivity index (χ4v) is 2.62. The molecule has 0 fully saturated rings. The van der Waals surface area contributed by atoms with Crippen molar-refractivity contribution in [3.05, 3.63) is 59.7 Å². The van der Waals surface area contributed by atoms with Crippen molar-refractivity contribution in [1.29, 1.82) is 0 Å². The molecule has 0 atom stereocenters. The Balaban J connectivity index is 1.57. The minimum atomic E-state index is -0.513. The van der Waals surface area contributed by atoms with Gasteiger partial charge in [-0.05, 0) is 36.4 Å². The molecule has 1 amide bonds. The van der Waals surface area contributed by atoms with Crippen molar-refractivity contribution in [2.45, 2.75) is 0 Å². The number of benzene rings is 2. The van der Waals surface area contributed by atoms with E-state index in [0.29, 0.717) is 48.9 Å². The summed E-state index contributed by atoms with van der Waals surface area (Å²) in [4.78, 5) is 25.6. The summed E-state index contributed by atoms with van der Waals surface area (Å²) in [7, 11) is 0. The highest BCUT2D eigenvalue weighted by Gasteiger charge is 2.22. The zero-order valence-electron chi connectivity index (χ0n) is 13.7. The van der Waals surface area contributed by atoms with Crippen molar-refractivity contribution in [3.63, 3.8) is 0 Å². The van der Waals surface area contributed by atoms with Crippen molar-refractivity contribution >= 4 is 11.7 Å². The maximum Gasteiger partial charge on any atom is 0.257 e. The Morgan fingerprint density at radius 1 is 1.16 bits per heavy atom. The Hall–Kier alpha value is -2.86. The molecule has 0 aliphatic carbocycles. The van der Waals surface area contributed by atoms with Crippen LogP contribution in [0, 0.1) is 0 Å². The first-order valence-corrected chi connectivity index (χ1v) is 8.07. The summed E-state index contributed by atoms with van der Waals surface area (Å²) in [6.07, 6.45) is 0. The lowest BCUT2D eigenvalue weighted by Gasteiger charge is -2.20. The molecular formula is C19H19NO5. The number of aliphatic hydroxyl groups excluding tert-OH is 1. The third kappa shape index (κ3) is 3.97. The summed E-state index contributed by atoms with van der Waals surface area (Å²) in [6, 6.07) is 13.8. The Bertz CT molecular complexity index is 757. The van der Waals surface area contributed by atoms with Crippen LogP contribution < -0.4 is 9.47 Å². The molecule has 1 heterocycles. The molecule has 6 heteroatoms. The number of hydrogen-bond donors (Lipinski definition) is 1. The van der Waals surface area contributed by atoms with Crippen LogP contribution in [0.5, 0.6) is 11.5 Å². The third-order valence-electron chi connectivity index (χ3n) is 3.97. The van der Waals surface area contributed by atoms with Gasteiger partial charge in [-0.3, -0.25) is 9.59 Å². The number of para-hydroxylation sites is 1. The van der Waals surface area contributed by atoms with Crippen LogP contribution in [-0.2, 0) is 0 Å². The molecule has 0 spiro atoms. The number of nitrogens with zero attached hydrogens (tertiary/aromatic N) is 1. The molecule has 2 aromatic carbocycles. The van der Waals surface area contributed by atoms with Crippen molar-refractivity contribution in [2.24, 2.45) is 0 Å². The van der Waals surface area contributed by atoms with E-state index in [-0.39, 0.29) is 11.7 Å². The van der Waals surface area contributed by atoms with E-state index in [4.69, 9.17) is 14.6 Å². The van der Waals surface area contributed by atoms with Gasteiger partial charge in [-0.2, -0.15) is 0 Å². The van der Waals surface area contributed by atoms with Gasteiger partial charge in [0.15, 0.2) is 5.78 Å². The normalized spacial score (nSPS) is 13.6. The van der Waals surface area contributed by atoms with E-state index in [0.717, 1.165) is 0 Å². The molecule has 0 aromatic heterocycles. The summed E-state index contributed by atoms with van der Waals surface area (Å²) < 4.78 is 11.2. The van der Waals surface area contributed by atoms with E-state index in [1.54, 1.807) is 41.3 Å². The molecule has 130 valence electrons. The fraction of sp³-hybridized carbons (Fsp3) is 0.263. The second-order valence-corrected chi connectivity index (χ2v) is 5.59. The zero-order valence-corrected chi connectivity index (χ0v) is 13.7. The Labute approximate surface area is 145 Å². The third-order valence-corrected chi connectivity index (χ3v) is 3.97. The van der Waals surface area contributed by atoms with Crippen molar-refractivity contribution in [1.82, 2.24) is 4.90 Å². The number of ketones is 1. The SMILES string of the molecule is O=C(CO)c1ccc(OCCN2CCOc3ccccc3C2=O)cc1. The zero-order chi connectivity index (χ0) is 17.6. The smallest absolute Gasteiger partial charge is 0.257 e. The Morgan fingerprint density at radius 3 is 2.68 bits per heavy atom. The van der Waals surface area contributed by atoms with Crippen molar-refractivity contribution in [3.8, 4) is 11.5 Å². The highest BCUT2D eigenvalue weighted by Crippen LogP contribution is 2.22. The number of carbonyl (C=O) groups is 2. The highest BCUT2D eigenvalue weighted by atomic mass is 16.5.